The van der Waals surface area contributed by atoms with Gasteiger partial charge in [-0.15, -0.1) is 0 Å². The summed E-state index contributed by atoms with van der Waals surface area (Å²) in [6.45, 7) is 2.20. The van der Waals surface area contributed by atoms with Crippen LogP contribution in [0.2, 0.25) is 0 Å². The largest absolute Gasteiger partial charge is 0.491 e. The summed E-state index contributed by atoms with van der Waals surface area (Å²) < 4.78 is 60.7. The van der Waals surface area contributed by atoms with Crippen molar-refractivity contribution in [1.29, 1.82) is 0 Å². The highest BCUT2D eigenvalue weighted by Gasteiger charge is 2.33. The molecule has 1 aliphatic rings. The Morgan fingerprint density at radius 3 is 2.59 bits per heavy atom. The number of hydrogen-bond acceptors (Lipinski definition) is 4. The van der Waals surface area contributed by atoms with Crippen molar-refractivity contribution < 1.29 is 27.1 Å². The van der Waals surface area contributed by atoms with E-state index in [1.165, 1.54) is 13.2 Å². The van der Waals surface area contributed by atoms with Crippen molar-refractivity contribution in [2.45, 2.75) is 44.8 Å². The van der Waals surface area contributed by atoms with Crippen LogP contribution in [0.3, 0.4) is 0 Å². The van der Waals surface area contributed by atoms with Crippen molar-refractivity contribution in [2.24, 2.45) is 5.92 Å². The molecule has 0 saturated heterocycles. The third-order valence-electron chi connectivity index (χ3n) is 5.80. The van der Waals surface area contributed by atoms with E-state index in [0.29, 0.717) is 11.3 Å². The van der Waals surface area contributed by atoms with Crippen LogP contribution in [-0.2, 0) is 6.18 Å². The first-order chi connectivity index (χ1) is 15.2. The first-order valence-corrected chi connectivity index (χ1v) is 10.3. The van der Waals surface area contributed by atoms with Gasteiger partial charge in [0.1, 0.15) is 16.9 Å². The molecule has 1 aliphatic carbocycles. The van der Waals surface area contributed by atoms with Crippen molar-refractivity contribution >= 4 is 22.5 Å². The highest BCUT2D eigenvalue weighted by Crippen LogP contribution is 2.37. The number of rotatable bonds is 4. The van der Waals surface area contributed by atoms with Crippen molar-refractivity contribution in [2.75, 3.05) is 12.4 Å². The summed E-state index contributed by atoms with van der Waals surface area (Å²) in [5, 5.41) is 7.26. The van der Waals surface area contributed by atoms with Crippen LogP contribution >= 0.6 is 0 Å². The highest BCUT2D eigenvalue weighted by atomic mass is 19.4. The van der Waals surface area contributed by atoms with E-state index in [1.54, 1.807) is 10.9 Å². The average molecular weight is 450 g/mol. The minimum atomic E-state index is -4.69. The van der Waals surface area contributed by atoms with E-state index in [1.807, 2.05) is 0 Å². The molecule has 0 spiro atoms. The molecule has 1 saturated carbocycles. The smallest absolute Gasteiger partial charge is 0.433 e. The van der Waals surface area contributed by atoms with Gasteiger partial charge >= 0.3 is 6.18 Å². The van der Waals surface area contributed by atoms with E-state index < -0.39 is 29.3 Å². The summed E-state index contributed by atoms with van der Waals surface area (Å²) in [5.74, 6) is -1.26. The maximum absolute atomic E-state index is 15.1. The molecule has 170 valence electrons. The Morgan fingerprint density at radius 1 is 1.22 bits per heavy atom. The number of ether oxygens (including phenoxy) is 1. The number of fused-ring (bicyclic) bond motifs is 1. The first kappa shape index (κ1) is 22.0. The number of anilines is 1. The van der Waals surface area contributed by atoms with Gasteiger partial charge in [-0.05, 0) is 49.8 Å². The van der Waals surface area contributed by atoms with E-state index in [0.717, 1.165) is 43.9 Å². The highest BCUT2D eigenvalue weighted by molar-refractivity contribution is 6.05. The van der Waals surface area contributed by atoms with Crippen LogP contribution in [0, 0.1) is 11.7 Å². The van der Waals surface area contributed by atoms with Crippen molar-refractivity contribution in [3.05, 3.63) is 47.7 Å². The number of carbonyl (C=O) groups is 1. The number of benzene rings is 1. The Kier molecular flexibility index (Phi) is 5.79. The van der Waals surface area contributed by atoms with Crippen LogP contribution in [0.5, 0.6) is 5.75 Å². The summed E-state index contributed by atoms with van der Waals surface area (Å²) in [6, 6.07) is 4.66. The second-order valence-corrected chi connectivity index (χ2v) is 8.09. The lowest BCUT2D eigenvalue weighted by molar-refractivity contribution is -0.141. The molecule has 0 radical (unpaired) electrons. The predicted molar refractivity (Wildman–Crippen MR) is 110 cm³/mol. The van der Waals surface area contributed by atoms with Crippen LogP contribution in [0.25, 0.3) is 10.9 Å². The van der Waals surface area contributed by atoms with Gasteiger partial charge in [-0.25, -0.2) is 9.37 Å². The van der Waals surface area contributed by atoms with Gasteiger partial charge in [-0.2, -0.15) is 18.3 Å². The standard InChI is InChI=1S/C22H22F4N4O2/c1-12-6-8-14(9-7-12)30-11-13-10-16(20(32-2)18(23)19(13)29-30)28-21(31)15-4-3-5-17(27-15)22(24,25)26/h3-5,10-12,14H,6-9H2,1-2H3,(H,28,31)/t12-,14-. The number of methoxy groups -OCH3 is 1. The molecule has 1 amide bonds. The quantitative estimate of drug-likeness (QED) is 0.526. The molecule has 0 bridgehead atoms. The molecule has 10 heteroatoms. The van der Waals surface area contributed by atoms with Crippen LogP contribution in [0.15, 0.2) is 30.5 Å². The molecule has 1 aromatic carbocycles. The zero-order chi connectivity index (χ0) is 23.0. The predicted octanol–water partition coefficient (Wildman–Crippen LogP) is 5.60. The minimum Gasteiger partial charge on any atom is -0.491 e. The summed E-state index contributed by atoms with van der Waals surface area (Å²) >= 11 is 0. The van der Waals surface area contributed by atoms with Crippen molar-refractivity contribution in [3.8, 4) is 5.75 Å². The lowest BCUT2D eigenvalue weighted by atomic mass is 9.87. The Labute approximate surface area is 181 Å². The molecule has 3 aromatic rings. The van der Waals surface area contributed by atoms with Gasteiger partial charge in [0.25, 0.3) is 5.91 Å². The Hall–Kier alpha value is -3.17. The molecule has 2 aromatic heterocycles. The molecule has 1 N–H and O–H groups in total. The lowest BCUT2D eigenvalue weighted by Gasteiger charge is -2.26. The Morgan fingerprint density at radius 2 is 1.94 bits per heavy atom. The maximum Gasteiger partial charge on any atom is 0.433 e. The number of halogens is 4. The van der Waals surface area contributed by atoms with Gasteiger partial charge in [-0.1, -0.05) is 13.0 Å². The third kappa shape index (κ3) is 4.26. The van der Waals surface area contributed by atoms with E-state index >= 15 is 4.39 Å². The number of carbonyl (C=O) groups excluding carboxylic acids is 1. The zero-order valence-corrected chi connectivity index (χ0v) is 17.5. The normalized spacial score (nSPS) is 19.2. The van der Waals surface area contributed by atoms with E-state index in [-0.39, 0.29) is 23.0 Å². The fourth-order valence-electron chi connectivity index (χ4n) is 4.02. The third-order valence-corrected chi connectivity index (χ3v) is 5.80. The summed E-state index contributed by atoms with van der Waals surface area (Å²) in [6.07, 6.45) is 1.05. The fraction of sp³-hybridized carbons (Fsp3) is 0.409. The average Bonchev–Trinajstić information content (AvgIpc) is 3.18. The number of aromatic nitrogens is 3. The molecule has 2 heterocycles. The molecule has 0 atom stereocenters. The van der Waals surface area contributed by atoms with Gasteiger partial charge in [0.15, 0.2) is 11.6 Å². The van der Waals surface area contributed by atoms with E-state index in [2.05, 4.69) is 22.3 Å². The van der Waals surface area contributed by atoms with Gasteiger partial charge in [0, 0.05) is 11.6 Å². The second kappa shape index (κ2) is 8.40. The first-order valence-electron chi connectivity index (χ1n) is 10.3. The minimum absolute atomic E-state index is 0.0153. The molecule has 6 nitrogen and oxygen atoms in total. The number of nitrogens with zero attached hydrogens (tertiary/aromatic N) is 3. The van der Waals surface area contributed by atoms with Crippen molar-refractivity contribution in [3.63, 3.8) is 0 Å². The van der Waals surface area contributed by atoms with Crippen LogP contribution in [0.4, 0.5) is 23.2 Å². The molecule has 0 unspecified atom stereocenters. The summed E-state index contributed by atoms with van der Waals surface area (Å²) in [7, 11) is 1.24. The number of hydrogen-bond donors (Lipinski definition) is 1. The monoisotopic (exact) mass is 450 g/mol. The maximum atomic E-state index is 15.1. The molecule has 32 heavy (non-hydrogen) atoms. The molecule has 1 fully saturated rings. The summed E-state index contributed by atoms with van der Waals surface area (Å²) in [4.78, 5) is 15.9. The fourth-order valence-corrected chi connectivity index (χ4v) is 4.02. The van der Waals surface area contributed by atoms with Gasteiger partial charge in [-0.3, -0.25) is 9.48 Å². The van der Waals surface area contributed by atoms with Crippen LogP contribution in [-0.4, -0.2) is 27.8 Å². The molecular formula is C22H22F4N4O2. The lowest BCUT2D eigenvalue weighted by Crippen LogP contribution is -2.17. The Bertz CT molecular complexity index is 1150. The molecule has 4 rings (SSSR count). The second-order valence-electron chi connectivity index (χ2n) is 8.09. The SMILES string of the molecule is COc1c(NC(=O)c2cccc(C(F)(F)F)n2)cc2cn([C@H]3CC[C@H](C)CC3)nc2c1F. The molecule has 0 aliphatic heterocycles. The Balaban J connectivity index is 1.66. The summed E-state index contributed by atoms with van der Waals surface area (Å²) in [5.41, 5.74) is -1.55. The number of pyridine rings is 1. The van der Waals surface area contributed by atoms with Gasteiger partial charge < -0.3 is 10.1 Å². The zero-order valence-electron chi connectivity index (χ0n) is 17.5. The van der Waals surface area contributed by atoms with Crippen LogP contribution in [0.1, 0.15) is 54.8 Å². The van der Waals surface area contributed by atoms with Gasteiger partial charge in [0.2, 0.25) is 0 Å². The van der Waals surface area contributed by atoms with E-state index in [9.17, 15) is 18.0 Å². The molecular weight excluding hydrogens is 428 g/mol. The topological polar surface area (TPSA) is 69.0 Å². The number of amides is 1. The van der Waals surface area contributed by atoms with Crippen molar-refractivity contribution in [1.82, 2.24) is 14.8 Å². The van der Waals surface area contributed by atoms with Crippen LogP contribution < -0.4 is 10.1 Å². The number of nitrogens with one attached hydrogen (secondary N) is 1. The van der Waals surface area contributed by atoms with E-state index in [4.69, 9.17) is 4.74 Å². The van der Waals surface area contributed by atoms with Gasteiger partial charge in [0.05, 0.1) is 18.8 Å². The number of alkyl halides is 3.